The molecule has 1 atom stereocenters. The zero-order valence-electron chi connectivity index (χ0n) is 11.9. The molecule has 0 aromatic rings. The van der Waals surface area contributed by atoms with Crippen LogP contribution < -0.4 is 5.84 Å². The van der Waals surface area contributed by atoms with E-state index in [0.717, 1.165) is 37.1 Å². The molecule has 0 bridgehead atoms. The summed E-state index contributed by atoms with van der Waals surface area (Å²) in [6.45, 7) is 5.10. The van der Waals surface area contributed by atoms with E-state index in [-0.39, 0.29) is 6.04 Å². The van der Waals surface area contributed by atoms with Gasteiger partial charge in [-0.3, -0.25) is 5.84 Å². The Labute approximate surface area is 113 Å². The average Bonchev–Trinajstić information content (AvgIpc) is 2.27. The molecule has 1 aliphatic carbocycles. The maximum Gasteiger partial charge on any atom is 0.336 e. The van der Waals surface area contributed by atoms with Crippen LogP contribution in [-0.4, -0.2) is 39.7 Å². The Kier molecular flexibility index (Phi) is 5.31. The van der Waals surface area contributed by atoms with Crippen LogP contribution in [-0.2, 0) is 14.3 Å². The minimum atomic E-state index is -1.43. The summed E-state index contributed by atoms with van der Waals surface area (Å²) >= 11 is 0. The second-order valence-electron chi connectivity index (χ2n) is 6.01. The molecule has 0 saturated heterocycles. The second-order valence-corrected chi connectivity index (χ2v) is 6.01. The van der Waals surface area contributed by atoms with Crippen LogP contribution in [0.5, 0.6) is 0 Å². The highest BCUT2D eigenvalue weighted by Gasteiger charge is 2.38. The smallest absolute Gasteiger partial charge is 0.336 e. The third kappa shape index (κ3) is 4.80. The number of hydrazine groups is 1. The Balaban J connectivity index is 2.75. The van der Waals surface area contributed by atoms with Crippen LogP contribution in [0.25, 0.3) is 0 Å². The van der Waals surface area contributed by atoms with Crippen molar-refractivity contribution in [1.29, 1.82) is 0 Å². The summed E-state index contributed by atoms with van der Waals surface area (Å²) in [5.74, 6) is 3.81. The molecular weight excluding hydrogens is 248 g/mol. The van der Waals surface area contributed by atoms with Gasteiger partial charge < -0.3 is 9.84 Å². The highest BCUT2D eigenvalue weighted by molar-refractivity contribution is 5.98. The van der Waals surface area contributed by atoms with Gasteiger partial charge >= 0.3 is 11.9 Å². The minimum Gasteiger partial charge on any atom is -0.480 e. The number of carbonyl (C=O) groups is 2. The number of carboxylic acids is 1. The van der Waals surface area contributed by atoms with E-state index in [1.54, 1.807) is 20.8 Å². The maximum atomic E-state index is 12.0. The number of esters is 1. The van der Waals surface area contributed by atoms with E-state index in [1.165, 1.54) is 0 Å². The molecule has 110 valence electrons. The maximum absolute atomic E-state index is 12.0. The first-order valence-electron chi connectivity index (χ1n) is 6.71. The Hall–Kier alpha value is -1.14. The standard InChI is InChI=1S/C13H24N2O4/c1-13(2,3)19-12(18)10(11(16)17)15(14)9-7-5-4-6-8-9/h9-10H,4-8,14H2,1-3H3,(H,16,17). The first kappa shape index (κ1) is 15.9. The van der Waals surface area contributed by atoms with Gasteiger partial charge in [-0.25, -0.2) is 14.6 Å². The van der Waals surface area contributed by atoms with Gasteiger partial charge in [0.15, 0.2) is 0 Å². The number of rotatable bonds is 4. The third-order valence-corrected chi connectivity index (χ3v) is 3.16. The molecule has 1 aliphatic rings. The Morgan fingerprint density at radius 3 is 2.21 bits per heavy atom. The molecule has 0 aliphatic heterocycles. The molecule has 1 saturated carbocycles. The molecule has 3 N–H and O–H groups in total. The van der Waals surface area contributed by atoms with E-state index < -0.39 is 23.6 Å². The normalized spacial score (nSPS) is 19.2. The highest BCUT2D eigenvalue weighted by Crippen LogP contribution is 2.23. The molecule has 19 heavy (non-hydrogen) atoms. The quantitative estimate of drug-likeness (QED) is 0.347. The van der Waals surface area contributed by atoms with Crippen LogP contribution in [0.1, 0.15) is 52.9 Å². The lowest BCUT2D eigenvalue weighted by Gasteiger charge is -2.34. The summed E-state index contributed by atoms with van der Waals surface area (Å²) in [5, 5.41) is 10.4. The second kappa shape index (κ2) is 6.34. The molecule has 0 aromatic carbocycles. The van der Waals surface area contributed by atoms with Crippen molar-refractivity contribution >= 4 is 11.9 Å². The fourth-order valence-corrected chi connectivity index (χ4v) is 2.30. The number of hydrogen-bond donors (Lipinski definition) is 2. The average molecular weight is 272 g/mol. The molecule has 0 spiro atoms. The van der Waals surface area contributed by atoms with E-state index in [9.17, 15) is 14.7 Å². The molecule has 0 heterocycles. The van der Waals surface area contributed by atoms with Gasteiger partial charge in [0.1, 0.15) is 5.60 Å². The van der Waals surface area contributed by atoms with Gasteiger partial charge in [0.05, 0.1) is 0 Å². The number of nitrogens with zero attached hydrogens (tertiary/aromatic N) is 1. The van der Waals surface area contributed by atoms with E-state index in [2.05, 4.69) is 0 Å². The van der Waals surface area contributed by atoms with Gasteiger partial charge in [-0.2, -0.15) is 0 Å². The molecule has 6 nitrogen and oxygen atoms in total. The number of ether oxygens (including phenoxy) is 1. The topological polar surface area (TPSA) is 92.9 Å². The molecule has 0 radical (unpaired) electrons. The van der Waals surface area contributed by atoms with Crippen LogP contribution in [0.3, 0.4) is 0 Å². The number of aliphatic carboxylic acids is 1. The van der Waals surface area contributed by atoms with Gasteiger partial charge in [0.2, 0.25) is 6.04 Å². The van der Waals surface area contributed by atoms with Gasteiger partial charge in [0, 0.05) is 6.04 Å². The van der Waals surface area contributed by atoms with Crippen LogP contribution in [0.4, 0.5) is 0 Å². The monoisotopic (exact) mass is 272 g/mol. The summed E-state index contributed by atoms with van der Waals surface area (Å²) in [4.78, 5) is 23.2. The minimum absolute atomic E-state index is 0.0673. The molecule has 0 aromatic heterocycles. The molecule has 1 unspecified atom stereocenters. The molecule has 1 fully saturated rings. The lowest BCUT2D eigenvalue weighted by molar-refractivity contribution is -0.170. The van der Waals surface area contributed by atoms with Crippen molar-refractivity contribution in [1.82, 2.24) is 5.01 Å². The molecule has 0 amide bonds. The summed E-state index contributed by atoms with van der Waals surface area (Å²) in [7, 11) is 0. The number of carbonyl (C=O) groups excluding carboxylic acids is 1. The Morgan fingerprint density at radius 2 is 1.79 bits per heavy atom. The van der Waals surface area contributed by atoms with Crippen molar-refractivity contribution in [2.24, 2.45) is 5.84 Å². The first-order chi connectivity index (χ1) is 8.72. The summed E-state index contributed by atoms with van der Waals surface area (Å²) in [6, 6.07) is -1.50. The lowest BCUT2D eigenvalue weighted by Crippen LogP contribution is -2.57. The number of hydrogen-bond acceptors (Lipinski definition) is 5. The van der Waals surface area contributed by atoms with Crippen molar-refractivity contribution in [2.45, 2.75) is 70.6 Å². The van der Waals surface area contributed by atoms with Crippen molar-refractivity contribution < 1.29 is 19.4 Å². The number of nitrogens with two attached hydrogens (primary N) is 1. The predicted molar refractivity (Wildman–Crippen MR) is 70.2 cm³/mol. The van der Waals surface area contributed by atoms with Crippen molar-refractivity contribution in [3.05, 3.63) is 0 Å². The first-order valence-corrected chi connectivity index (χ1v) is 6.71. The summed E-state index contributed by atoms with van der Waals surface area (Å²) < 4.78 is 5.13. The van der Waals surface area contributed by atoms with E-state index in [0.29, 0.717) is 0 Å². The Bertz CT molecular complexity index is 332. The lowest BCUT2D eigenvalue weighted by atomic mass is 9.94. The molecule has 6 heteroatoms. The molecule has 1 rings (SSSR count). The largest absolute Gasteiger partial charge is 0.480 e. The zero-order chi connectivity index (χ0) is 14.6. The van der Waals surface area contributed by atoms with Crippen LogP contribution >= 0.6 is 0 Å². The van der Waals surface area contributed by atoms with Crippen molar-refractivity contribution in [2.75, 3.05) is 0 Å². The van der Waals surface area contributed by atoms with E-state index in [4.69, 9.17) is 10.6 Å². The summed E-state index contributed by atoms with van der Waals surface area (Å²) in [6.07, 6.45) is 4.80. The SMILES string of the molecule is CC(C)(C)OC(=O)C(C(=O)O)N(N)C1CCCCC1. The highest BCUT2D eigenvalue weighted by atomic mass is 16.6. The van der Waals surface area contributed by atoms with Crippen molar-refractivity contribution in [3.8, 4) is 0 Å². The van der Waals surface area contributed by atoms with Crippen LogP contribution in [0.15, 0.2) is 0 Å². The Morgan fingerprint density at radius 1 is 1.26 bits per heavy atom. The number of carboxylic acid groups (broad SMARTS) is 1. The molecular formula is C13H24N2O4. The third-order valence-electron chi connectivity index (χ3n) is 3.16. The fourth-order valence-electron chi connectivity index (χ4n) is 2.30. The predicted octanol–water partition coefficient (Wildman–Crippen LogP) is 1.29. The van der Waals surface area contributed by atoms with Crippen LogP contribution in [0.2, 0.25) is 0 Å². The van der Waals surface area contributed by atoms with Crippen molar-refractivity contribution in [3.63, 3.8) is 0 Å². The van der Waals surface area contributed by atoms with Gasteiger partial charge in [-0.15, -0.1) is 0 Å². The summed E-state index contributed by atoms with van der Waals surface area (Å²) in [5.41, 5.74) is -0.724. The van der Waals surface area contributed by atoms with Crippen LogP contribution in [0, 0.1) is 0 Å². The fraction of sp³-hybridized carbons (Fsp3) is 0.846. The van der Waals surface area contributed by atoms with E-state index >= 15 is 0 Å². The van der Waals surface area contributed by atoms with Gasteiger partial charge in [-0.1, -0.05) is 19.3 Å². The van der Waals surface area contributed by atoms with Gasteiger partial charge in [0.25, 0.3) is 0 Å². The van der Waals surface area contributed by atoms with E-state index in [1.807, 2.05) is 0 Å². The van der Waals surface area contributed by atoms with Gasteiger partial charge in [-0.05, 0) is 33.6 Å². The zero-order valence-corrected chi connectivity index (χ0v) is 11.9.